The highest BCUT2D eigenvalue weighted by Crippen LogP contribution is 2.58. The molecule has 0 saturated heterocycles. The van der Waals surface area contributed by atoms with Crippen molar-refractivity contribution in [2.75, 3.05) is 0 Å². The van der Waals surface area contributed by atoms with Gasteiger partial charge in [0.2, 0.25) is 5.91 Å². The van der Waals surface area contributed by atoms with Gasteiger partial charge in [0, 0.05) is 5.41 Å². The van der Waals surface area contributed by atoms with Gasteiger partial charge in [-0.05, 0) is 29.7 Å². The van der Waals surface area contributed by atoms with Crippen molar-refractivity contribution in [1.29, 1.82) is 0 Å². The molecule has 0 spiro atoms. The Hall–Kier alpha value is -3.73. The Balaban J connectivity index is 1.44. The second-order valence-electron chi connectivity index (χ2n) is 7.43. The van der Waals surface area contributed by atoms with Gasteiger partial charge in [0.25, 0.3) is 11.8 Å². The van der Waals surface area contributed by atoms with Gasteiger partial charge in [-0.15, -0.1) is 0 Å². The van der Waals surface area contributed by atoms with Crippen molar-refractivity contribution in [3.8, 4) is 0 Å². The normalized spacial score (nSPS) is 19.0. The fourth-order valence-corrected chi connectivity index (χ4v) is 4.33. The molecule has 0 radical (unpaired) electrons. The fraction of sp³-hybridized carbons (Fsp3) is 0.125. The first-order chi connectivity index (χ1) is 14.1. The van der Waals surface area contributed by atoms with Crippen LogP contribution in [0.2, 0.25) is 0 Å². The molecule has 1 aliphatic heterocycles. The highest BCUT2D eigenvalue weighted by Gasteiger charge is 2.60. The minimum atomic E-state index is -0.496. The Morgan fingerprint density at radius 2 is 1.21 bits per heavy atom. The van der Waals surface area contributed by atoms with Gasteiger partial charge in [0.1, 0.15) is 0 Å². The molecule has 5 heteroatoms. The Morgan fingerprint density at radius 1 is 0.759 bits per heavy atom. The van der Waals surface area contributed by atoms with Crippen molar-refractivity contribution in [2.24, 2.45) is 5.92 Å². The molecular formula is C24H18N2O3. The summed E-state index contributed by atoms with van der Waals surface area (Å²) in [5.74, 6) is -1.68. The van der Waals surface area contributed by atoms with E-state index in [-0.39, 0.29) is 11.8 Å². The summed E-state index contributed by atoms with van der Waals surface area (Å²) in [6.45, 7) is 0. The number of fused-ring (bicyclic) bond motifs is 1. The largest absolute Gasteiger partial charge is 0.280 e. The number of hydrogen-bond acceptors (Lipinski definition) is 3. The highest BCUT2D eigenvalue weighted by atomic mass is 16.2. The number of hydrazine groups is 1. The molecule has 142 valence electrons. The topological polar surface area (TPSA) is 66.5 Å². The predicted molar refractivity (Wildman–Crippen MR) is 107 cm³/mol. The summed E-state index contributed by atoms with van der Waals surface area (Å²) in [6, 6.07) is 26.4. The second kappa shape index (κ2) is 6.41. The summed E-state index contributed by atoms with van der Waals surface area (Å²) in [5.41, 5.74) is 4.85. The average molecular weight is 382 g/mol. The van der Waals surface area contributed by atoms with Crippen molar-refractivity contribution in [3.63, 3.8) is 0 Å². The molecule has 1 fully saturated rings. The van der Waals surface area contributed by atoms with Crippen LogP contribution in [0, 0.1) is 5.92 Å². The molecule has 3 aromatic rings. The van der Waals surface area contributed by atoms with Crippen LogP contribution in [0.15, 0.2) is 84.9 Å². The number of hydrogen-bond donors (Lipinski definition) is 1. The van der Waals surface area contributed by atoms with Crippen LogP contribution in [-0.4, -0.2) is 22.7 Å². The van der Waals surface area contributed by atoms with Crippen molar-refractivity contribution in [3.05, 3.63) is 107 Å². The molecule has 29 heavy (non-hydrogen) atoms. The molecular weight excluding hydrogens is 364 g/mol. The number of amides is 3. The zero-order valence-electron chi connectivity index (χ0n) is 15.5. The molecule has 2 aliphatic rings. The third kappa shape index (κ3) is 2.58. The molecule has 3 aromatic carbocycles. The maximum atomic E-state index is 13.1. The first kappa shape index (κ1) is 17.4. The van der Waals surface area contributed by atoms with E-state index in [0.717, 1.165) is 16.1 Å². The van der Waals surface area contributed by atoms with Crippen LogP contribution in [0.3, 0.4) is 0 Å². The molecule has 3 amide bonds. The first-order valence-electron chi connectivity index (χ1n) is 9.52. The maximum Gasteiger partial charge on any atom is 0.280 e. The van der Waals surface area contributed by atoms with Crippen LogP contribution in [-0.2, 0) is 10.2 Å². The van der Waals surface area contributed by atoms with Gasteiger partial charge in [-0.3, -0.25) is 19.8 Å². The predicted octanol–water partition coefficient (Wildman–Crippen LogP) is 3.32. The lowest BCUT2D eigenvalue weighted by atomic mass is 9.85. The number of rotatable bonds is 4. The van der Waals surface area contributed by atoms with E-state index in [9.17, 15) is 14.4 Å². The third-order valence-electron chi connectivity index (χ3n) is 5.87. The Kier molecular flexibility index (Phi) is 3.84. The zero-order chi connectivity index (χ0) is 20.0. The summed E-state index contributed by atoms with van der Waals surface area (Å²) >= 11 is 0. The standard InChI is InChI=1S/C24H18N2O3/c27-21(25-26-22(28)18-13-7-8-14-19(18)23(26)29)20-15-24(20,16-9-3-1-4-10-16)17-11-5-2-6-12-17/h1-14,20H,15H2,(H,25,27). The van der Waals surface area contributed by atoms with E-state index < -0.39 is 17.2 Å². The molecule has 5 rings (SSSR count). The number of imide groups is 1. The summed E-state index contributed by atoms with van der Waals surface area (Å²) in [5, 5.41) is 0.839. The quantitative estimate of drug-likeness (QED) is 0.704. The van der Waals surface area contributed by atoms with Crippen molar-refractivity contribution >= 4 is 17.7 Å². The zero-order valence-corrected chi connectivity index (χ0v) is 15.5. The molecule has 1 heterocycles. The van der Waals surface area contributed by atoms with Crippen LogP contribution in [0.25, 0.3) is 0 Å². The molecule has 1 aliphatic carbocycles. The average Bonchev–Trinajstić information content (AvgIpc) is 3.50. The Morgan fingerprint density at radius 3 is 1.69 bits per heavy atom. The van der Waals surface area contributed by atoms with Crippen molar-refractivity contribution in [2.45, 2.75) is 11.8 Å². The van der Waals surface area contributed by atoms with Gasteiger partial charge >= 0.3 is 0 Å². The van der Waals surface area contributed by atoms with Gasteiger partial charge in [0.15, 0.2) is 0 Å². The van der Waals surface area contributed by atoms with Crippen molar-refractivity contribution < 1.29 is 14.4 Å². The smallest absolute Gasteiger partial charge is 0.273 e. The molecule has 1 N–H and O–H groups in total. The lowest BCUT2D eigenvalue weighted by Crippen LogP contribution is -2.47. The lowest BCUT2D eigenvalue weighted by molar-refractivity contribution is -0.125. The van der Waals surface area contributed by atoms with Gasteiger partial charge in [-0.2, -0.15) is 5.01 Å². The van der Waals surface area contributed by atoms with E-state index in [4.69, 9.17) is 0 Å². The van der Waals surface area contributed by atoms with E-state index in [2.05, 4.69) is 5.43 Å². The minimum absolute atomic E-state index is 0.311. The number of nitrogens with zero attached hydrogens (tertiary/aromatic N) is 1. The van der Waals surface area contributed by atoms with E-state index in [1.54, 1.807) is 24.3 Å². The van der Waals surface area contributed by atoms with Crippen LogP contribution in [0.5, 0.6) is 0 Å². The molecule has 0 bridgehead atoms. The van der Waals surface area contributed by atoms with E-state index >= 15 is 0 Å². The van der Waals surface area contributed by atoms with E-state index in [0.29, 0.717) is 17.5 Å². The van der Waals surface area contributed by atoms with Gasteiger partial charge in [-0.1, -0.05) is 72.8 Å². The molecule has 1 atom stereocenters. The first-order valence-corrected chi connectivity index (χ1v) is 9.52. The van der Waals surface area contributed by atoms with Gasteiger partial charge in [0.05, 0.1) is 17.0 Å². The fourth-order valence-electron chi connectivity index (χ4n) is 4.33. The van der Waals surface area contributed by atoms with Crippen LogP contribution < -0.4 is 5.43 Å². The summed E-state index contributed by atoms with van der Waals surface area (Å²) in [6.07, 6.45) is 0.621. The van der Waals surface area contributed by atoms with Gasteiger partial charge in [-0.25, -0.2) is 0 Å². The third-order valence-corrected chi connectivity index (χ3v) is 5.87. The van der Waals surface area contributed by atoms with Crippen LogP contribution in [0.1, 0.15) is 38.3 Å². The summed E-state index contributed by atoms with van der Waals surface area (Å²) in [4.78, 5) is 38.3. The molecule has 5 nitrogen and oxygen atoms in total. The molecule has 0 aromatic heterocycles. The summed E-state index contributed by atoms with van der Waals surface area (Å²) < 4.78 is 0. The van der Waals surface area contributed by atoms with Crippen molar-refractivity contribution in [1.82, 2.24) is 10.4 Å². The molecule has 1 saturated carbocycles. The number of nitrogens with one attached hydrogen (secondary N) is 1. The van der Waals surface area contributed by atoms with E-state index in [1.807, 2.05) is 60.7 Å². The molecule has 1 unspecified atom stereocenters. The maximum absolute atomic E-state index is 13.1. The monoisotopic (exact) mass is 382 g/mol. The van der Waals surface area contributed by atoms with E-state index in [1.165, 1.54) is 0 Å². The van der Waals surface area contributed by atoms with Crippen LogP contribution >= 0.6 is 0 Å². The van der Waals surface area contributed by atoms with Crippen LogP contribution in [0.4, 0.5) is 0 Å². The number of carbonyl (C=O) groups excluding carboxylic acids is 3. The lowest BCUT2D eigenvalue weighted by Gasteiger charge is -2.20. The Bertz CT molecular complexity index is 1050. The SMILES string of the molecule is O=C(NN1C(=O)c2ccccc2C1=O)C1CC1(c1ccccc1)c1ccccc1. The summed E-state index contributed by atoms with van der Waals surface area (Å²) in [7, 11) is 0. The highest BCUT2D eigenvalue weighted by molar-refractivity contribution is 6.21. The second-order valence-corrected chi connectivity index (χ2v) is 7.43. The minimum Gasteiger partial charge on any atom is -0.273 e. The number of carbonyl (C=O) groups is 3. The Labute approximate surface area is 167 Å². The van der Waals surface area contributed by atoms with Gasteiger partial charge < -0.3 is 0 Å². The number of benzene rings is 3.